The van der Waals surface area contributed by atoms with Gasteiger partial charge in [0.2, 0.25) is 5.91 Å². The van der Waals surface area contributed by atoms with Crippen molar-refractivity contribution in [2.45, 2.75) is 19.5 Å². The van der Waals surface area contributed by atoms with Gasteiger partial charge in [0.1, 0.15) is 0 Å². The number of carbonyl (C=O) groups excluding carboxylic acids is 1. The van der Waals surface area contributed by atoms with Crippen molar-refractivity contribution in [1.29, 1.82) is 0 Å². The number of hydrogen-bond donors (Lipinski definition) is 0. The molecule has 0 saturated carbocycles. The van der Waals surface area contributed by atoms with Crippen LogP contribution in [0.3, 0.4) is 0 Å². The van der Waals surface area contributed by atoms with Gasteiger partial charge in [-0.3, -0.25) is 4.79 Å². The maximum Gasteiger partial charge on any atom is 0.224 e. The highest BCUT2D eigenvalue weighted by Crippen LogP contribution is 2.11. The number of amides is 1. The Balaban J connectivity index is 2.10. The van der Waals surface area contributed by atoms with E-state index in [0.29, 0.717) is 25.3 Å². The normalized spacial score (nSPS) is 10.2. The van der Waals surface area contributed by atoms with E-state index in [1.165, 1.54) is 0 Å². The third-order valence-electron chi connectivity index (χ3n) is 3.10. The highest BCUT2D eigenvalue weighted by Gasteiger charge is 2.13. The van der Waals surface area contributed by atoms with Crippen molar-refractivity contribution >= 4 is 18.5 Å². The van der Waals surface area contributed by atoms with Crippen LogP contribution in [0, 0.1) is 0 Å². The van der Waals surface area contributed by atoms with Gasteiger partial charge in [0, 0.05) is 25.3 Å². The van der Waals surface area contributed by atoms with Crippen LogP contribution in [0.4, 0.5) is 0 Å². The van der Waals surface area contributed by atoms with Gasteiger partial charge in [-0.1, -0.05) is 73.3 Å². The van der Waals surface area contributed by atoms with Gasteiger partial charge in [0.05, 0.1) is 0 Å². The molecule has 103 valence electrons. The van der Waals surface area contributed by atoms with E-state index in [1.807, 2.05) is 65.6 Å². The Labute approximate surface area is 125 Å². The van der Waals surface area contributed by atoms with Crippen molar-refractivity contribution in [3.05, 3.63) is 71.8 Å². The predicted octanol–water partition coefficient (Wildman–Crippen LogP) is 3.80. The van der Waals surface area contributed by atoms with E-state index >= 15 is 0 Å². The van der Waals surface area contributed by atoms with Gasteiger partial charge in [0.15, 0.2) is 0 Å². The Hall–Kier alpha value is -1.74. The molecule has 0 spiro atoms. The SMILES string of the molecule is O=C(CC[S])N(Cc1ccccc1)Cc1ccccc1. The molecule has 0 aromatic heterocycles. The molecule has 1 amide bonds. The van der Waals surface area contributed by atoms with Crippen molar-refractivity contribution in [3.63, 3.8) is 0 Å². The second kappa shape index (κ2) is 7.75. The predicted molar refractivity (Wildman–Crippen MR) is 84.2 cm³/mol. The summed E-state index contributed by atoms with van der Waals surface area (Å²) in [4.78, 5) is 14.1. The molecule has 0 unspecified atom stereocenters. The van der Waals surface area contributed by atoms with Crippen molar-refractivity contribution in [2.24, 2.45) is 0 Å². The molecule has 0 aliphatic rings. The molecular weight excluding hydrogens is 266 g/mol. The molecule has 0 heterocycles. The molecule has 0 saturated heterocycles. The Morgan fingerprint density at radius 3 is 1.70 bits per heavy atom. The Bertz CT molecular complexity index is 486. The minimum atomic E-state index is 0.118. The third kappa shape index (κ3) is 4.42. The fraction of sp³-hybridized carbons (Fsp3) is 0.235. The zero-order valence-electron chi connectivity index (χ0n) is 11.4. The quantitative estimate of drug-likeness (QED) is 0.790. The maximum absolute atomic E-state index is 12.2. The lowest BCUT2D eigenvalue weighted by atomic mass is 10.1. The molecule has 2 nitrogen and oxygen atoms in total. The van der Waals surface area contributed by atoms with Crippen LogP contribution in [0.15, 0.2) is 60.7 Å². The van der Waals surface area contributed by atoms with Crippen molar-refractivity contribution in [3.8, 4) is 0 Å². The number of rotatable bonds is 6. The van der Waals surface area contributed by atoms with Crippen LogP contribution in [0.1, 0.15) is 17.5 Å². The van der Waals surface area contributed by atoms with Gasteiger partial charge < -0.3 is 4.90 Å². The van der Waals surface area contributed by atoms with Gasteiger partial charge in [-0.25, -0.2) is 0 Å². The molecule has 0 N–H and O–H groups in total. The molecule has 2 rings (SSSR count). The summed E-state index contributed by atoms with van der Waals surface area (Å²) in [6.07, 6.45) is 0.426. The second-order valence-corrected chi connectivity index (χ2v) is 5.08. The van der Waals surface area contributed by atoms with Crippen LogP contribution in [-0.4, -0.2) is 16.6 Å². The number of benzene rings is 2. The van der Waals surface area contributed by atoms with Crippen LogP contribution in [0.2, 0.25) is 0 Å². The molecule has 2 aromatic carbocycles. The summed E-state index contributed by atoms with van der Waals surface area (Å²) in [5.74, 6) is 0.589. The van der Waals surface area contributed by atoms with Crippen LogP contribution in [0.5, 0.6) is 0 Å². The van der Waals surface area contributed by atoms with Crippen LogP contribution >= 0.6 is 12.6 Å². The smallest absolute Gasteiger partial charge is 0.224 e. The standard InChI is InChI=1S/C17H18NOS/c19-17(11-12-20)18(13-15-7-3-1-4-8-15)14-16-9-5-2-6-10-16/h1-10H,11-14H2. The fourth-order valence-electron chi connectivity index (χ4n) is 2.09. The lowest BCUT2D eigenvalue weighted by molar-refractivity contribution is -0.132. The molecule has 1 radical (unpaired) electrons. The summed E-state index contributed by atoms with van der Waals surface area (Å²) < 4.78 is 0. The van der Waals surface area contributed by atoms with E-state index in [9.17, 15) is 4.79 Å². The first kappa shape index (κ1) is 14.7. The summed E-state index contributed by atoms with van der Waals surface area (Å²) in [5.41, 5.74) is 2.28. The average molecular weight is 284 g/mol. The van der Waals surface area contributed by atoms with E-state index in [-0.39, 0.29) is 5.91 Å². The lowest BCUT2D eigenvalue weighted by Crippen LogP contribution is -2.30. The average Bonchev–Trinajstić information content (AvgIpc) is 2.49. The molecule has 2 aromatic rings. The summed E-state index contributed by atoms with van der Waals surface area (Å²) in [6, 6.07) is 20.1. The summed E-state index contributed by atoms with van der Waals surface area (Å²) >= 11 is 4.93. The second-order valence-electron chi connectivity index (χ2n) is 4.68. The minimum Gasteiger partial charge on any atom is -0.334 e. The highest BCUT2D eigenvalue weighted by atomic mass is 32.1. The first-order chi connectivity index (χ1) is 9.79. The van der Waals surface area contributed by atoms with Crippen LogP contribution in [0.25, 0.3) is 0 Å². The monoisotopic (exact) mass is 284 g/mol. The van der Waals surface area contributed by atoms with E-state index in [0.717, 1.165) is 11.1 Å². The number of hydrogen-bond acceptors (Lipinski definition) is 1. The fourth-order valence-corrected chi connectivity index (χ4v) is 2.26. The van der Waals surface area contributed by atoms with E-state index in [4.69, 9.17) is 12.6 Å². The number of nitrogens with zero attached hydrogens (tertiary/aromatic N) is 1. The van der Waals surface area contributed by atoms with Crippen molar-refractivity contribution in [1.82, 2.24) is 4.90 Å². The lowest BCUT2D eigenvalue weighted by Gasteiger charge is -2.23. The summed E-state index contributed by atoms with van der Waals surface area (Å²) in [6.45, 7) is 1.26. The topological polar surface area (TPSA) is 20.3 Å². The van der Waals surface area contributed by atoms with E-state index < -0.39 is 0 Å². The van der Waals surface area contributed by atoms with Gasteiger partial charge in [0.25, 0.3) is 0 Å². The zero-order valence-corrected chi connectivity index (χ0v) is 12.2. The maximum atomic E-state index is 12.2. The molecule has 0 aliphatic carbocycles. The summed E-state index contributed by atoms with van der Waals surface area (Å²) in [5, 5.41) is 0. The van der Waals surface area contributed by atoms with E-state index in [1.54, 1.807) is 0 Å². The van der Waals surface area contributed by atoms with Crippen molar-refractivity contribution < 1.29 is 4.79 Å². The first-order valence-electron chi connectivity index (χ1n) is 6.73. The Kier molecular flexibility index (Phi) is 5.69. The largest absolute Gasteiger partial charge is 0.334 e. The third-order valence-corrected chi connectivity index (χ3v) is 3.31. The van der Waals surface area contributed by atoms with Crippen LogP contribution < -0.4 is 0 Å². The van der Waals surface area contributed by atoms with Crippen molar-refractivity contribution in [2.75, 3.05) is 5.75 Å². The van der Waals surface area contributed by atoms with Gasteiger partial charge in [-0.15, -0.1) is 0 Å². The first-order valence-corrected chi connectivity index (χ1v) is 7.31. The molecule has 3 heteroatoms. The van der Waals surface area contributed by atoms with Gasteiger partial charge >= 0.3 is 0 Å². The van der Waals surface area contributed by atoms with Gasteiger partial charge in [-0.2, -0.15) is 0 Å². The van der Waals surface area contributed by atoms with Gasteiger partial charge in [-0.05, 0) is 11.1 Å². The summed E-state index contributed by atoms with van der Waals surface area (Å²) in [7, 11) is 0. The highest BCUT2D eigenvalue weighted by molar-refractivity contribution is 7.80. The molecule has 0 bridgehead atoms. The molecular formula is C17H18NOS. The molecule has 0 atom stereocenters. The van der Waals surface area contributed by atoms with E-state index in [2.05, 4.69) is 0 Å². The van der Waals surface area contributed by atoms with Crippen LogP contribution in [-0.2, 0) is 17.9 Å². The Morgan fingerprint density at radius 2 is 1.30 bits per heavy atom. The minimum absolute atomic E-state index is 0.118. The Morgan fingerprint density at radius 1 is 0.850 bits per heavy atom. The number of carbonyl (C=O) groups is 1. The zero-order chi connectivity index (χ0) is 14.2. The molecule has 0 fully saturated rings. The molecule has 0 aliphatic heterocycles. The molecule has 20 heavy (non-hydrogen) atoms.